The van der Waals surface area contributed by atoms with Gasteiger partial charge in [0.25, 0.3) is 11.9 Å². The van der Waals surface area contributed by atoms with Crippen molar-refractivity contribution in [2.75, 3.05) is 18.4 Å². The van der Waals surface area contributed by atoms with Crippen molar-refractivity contribution >= 4 is 27.8 Å². The average molecular weight is 417 g/mol. The van der Waals surface area contributed by atoms with Gasteiger partial charge in [-0.25, -0.2) is 4.72 Å². The van der Waals surface area contributed by atoms with Crippen LogP contribution in [-0.2, 0) is 35.9 Å². The molecule has 0 atom stereocenters. The number of fused-ring (bicyclic) bond motifs is 2. The van der Waals surface area contributed by atoms with E-state index >= 15 is 0 Å². The number of aryl methyl sites for hydroxylation is 2. The maximum atomic E-state index is 12.4. The molecule has 5 rings (SSSR count). The van der Waals surface area contributed by atoms with Crippen LogP contribution >= 0.6 is 0 Å². The molecule has 0 spiro atoms. The zero-order chi connectivity index (χ0) is 20.0. The van der Waals surface area contributed by atoms with Crippen molar-refractivity contribution in [1.29, 1.82) is 0 Å². The van der Waals surface area contributed by atoms with Gasteiger partial charge in [-0.2, -0.15) is 17.7 Å². The first-order valence-corrected chi connectivity index (χ1v) is 11.7. The number of rotatable bonds is 5. The molecule has 1 aromatic carbocycles. The Bertz CT molecular complexity index is 1040. The van der Waals surface area contributed by atoms with Crippen molar-refractivity contribution in [3.05, 3.63) is 40.3 Å². The molecule has 0 bridgehead atoms. The Morgan fingerprint density at radius 2 is 1.66 bits per heavy atom. The zero-order valence-electron chi connectivity index (χ0n) is 16.2. The van der Waals surface area contributed by atoms with Crippen molar-refractivity contribution < 1.29 is 17.6 Å². The molecule has 0 unspecified atom stereocenters. The molecule has 1 aliphatic heterocycles. The fourth-order valence-electron chi connectivity index (χ4n) is 4.67. The molecule has 0 radical (unpaired) electrons. The lowest BCUT2D eigenvalue weighted by Crippen LogP contribution is -2.42. The van der Waals surface area contributed by atoms with Crippen molar-refractivity contribution in [3.63, 3.8) is 0 Å². The second kappa shape index (κ2) is 7.14. The third kappa shape index (κ3) is 3.42. The molecular weight excluding hydrogens is 392 g/mol. The highest BCUT2D eigenvalue weighted by molar-refractivity contribution is 7.87. The fourth-order valence-corrected chi connectivity index (χ4v) is 5.88. The first kappa shape index (κ1) is 18.6. The summed E-state index contributed by atoms with van der Waals surface area (Å²) in [7, 11) is -3.84. The lowest BCUT2D eigenvalue weighted by atomic mass is 9.99. The van der Waals surface area contributed by atoms with E-state index in [0.717, 1.165) is 57.1 Å². The molecule has 2 aliphatic carbocycles. The number of carbonyl (C=O) groups excluding carboxylic acids is 1. The molecule has 2 aromatic rings. The van der Waals surface area contributed by atoms with Crippen LogP contribution in [0.4, 0.5) is 11.7 Å². The Morgan fingerprint density at radius 1 is 1.00 bits per heavy atom. The third-order valence-corrected chi connectivity index (χ3v) is 7.56. The van der Waals surface area contributed by atoms with Crippen LogP contribution in [0.25, 0.3) is 0 Å². The number of nitrogens with zero attached hydrogens (tertiary/aromatic N) is 2. The van der Waals surface area contributed by atoms with Gasteiger partial charge in [0.2, 0.25) is 0 Å². The van der Waals surface area contributed by atoms with Crippen molar-refractivity contribution in [1.82, 2.24) is 14.0 Å². The highest BCUT2D eigenvalue weighted by Crippen LogP contribution is 2.39. The molecule has 1 amide bonds. The lowest BCUT2D eigenvalue weighted by molar-refractivity contribution is 0.0974. The zero-order valence-corrected chi connectivity index (χ0v) is 17.0. The average Bonchev–Trinajstić information content (AvgIpc) is 3.46. The number of carbonyl (C=O) groups is 1. The Labute approximate surface area is 169 Å². The third-order valence-electron chi connectivity index (χ3n) is 6.07. The number of hydrogen-bond donors (Lipinski definition) is 2. The summed E-state index contributed by atoms with van der Waals surface area (Å²) in [6.07, 6.45) is 9.30. The minimum absolute atomic E-state index is 0.0560. The molecule has 0 saturated carbocycles. The maximum absolute atomic E-state index is 12.4. The van der Waals surface area contributed by atoms with Gasteiger partial charge in [-0.15, -0.1) is 0 Å². The summed E-state index contributed by atoms with van der Waals surface area (Å²) in [6.45, 7) is 0.858. The van der Waals surface area contributed by atoms with E-state index < -0.39 is 16.1 Å². The summed E-state index contributed by atoms with van der Waals surface area (Å²) in [5.74, 6) is -0.780. The number of benzene rings is 1. The van der Waals surface area contributed by atoms with Gasteiger partial charge in [0.15, 0.2) is 5.69 Å². The van der Waals surface area contributed by atoms with Gasteiger partial charge in [-0.3, -0.25) is 4.79 Å². The molecule has 3 aliphatic rings. The Morgan fingerprint density at radius 3 is 2.31 bits per heavy atom. The van der Waals surface area contributed by atoms with E-state index in [0.29, 0.717) is 13.1 Å². The van der Waals surface area contributed by atoms with E-state index in [4.69, 9.17) is 4.42 Å². The number of nitrogens with one attached hydrogen (secondary N) is 2. The maximum Gasteiger partial charge on any atom is 0.304 e. The van der Waals surface area contributed by atoms with Crippen LogP contribution in [0, 0.1) is 0 Å². The molecular formula is C20H24N4O4S. The molecule has 2 heterocycles. The smallest absolute Gasteiger partial charge is 0.304 e. The molecule has 1 saturated heterocycles. The van der Waals surface area contributed by atoms with E-state index in [1.165, 1.54) is 32.8 Å². The largest absolute Gasteiger partial charge is 0.431 e. The molecule has 1 fully saturated rings. The number of hydrogen-bond acceptors (Lipinski definition) is 6. The standard InChI is InChI=1S/C20H24N4O4S/c25-19(23-29(26,27)24-9-1-2-10-24)17-12-28-20(21-17)22-18-15-7-3-5-13(15)11-14-6-4-8-16(14)18/h11-12H,1-10H2,(H,21,22)(H,23,25). The number of amides is 1. The topological polar surface area (TPSA) is 105 Å². The van der Waals surface area contributed by atoms with Gasteiger partial charge in [-0.1, -0.05) is 6.07 Å². The van der Waals surface area contributed by atoms with E-state index in [2.05, 4.69) is 21.1 Å². The summed E-state index contributed by atoms with van der Waals surface area (Å²) in [4.78, 5) is 16.6. The second-order valence-electron chi connectivity index (χ2n) is 7.94. The van der Waals surface area contributed by atoms with E-state index in [-0.39, 0.29) is 11.7 Å². The normalized spacial score (nSPS) is 18.6. The van der Waals surface area contributed by atoms with Crippen LogP contribution in [0.5, 0.6) is 0 Å². The predicted molar refractivity (Wildman–Crippen MR) is 107 cm³/mol. The van der Waals surface area contributed by atoms with Crippen LogP contribution in [-0.4, -0.2) is 36.7 Å². The highest BCUT2D eigenvalue weighted by Gasteiger charge is 2.29. The number of aromatic nitrogens is 1. The second-order valence-corrected chi connectivity index (χ2v) is 9.61. The van der Waals surface area contributed by atoms with Crippen molar-refractivity contribution in [3.8, 4) is 0 Å². The summed E-state index contributed by atoms with van der Waals surface area (Å²) in [5, 5.41) is 3.28. The Kier molecular flexibility index (Phi) is 4.59. The van der Waals surface area contributed by atoms with Gasteiger partial charge < -0.3 is 9.73 Å². The minimum atomic E-state index is -3.84. The molecule has 8 nitrogen and oxygen atoms in total. The summed E-state index contributed by atoms with van der Waals surface area (Å²) >= 11 is 0. The van der Waals surface area contributed by atoms with Gasteiger partial charge in [0.05, 0.1) is 0 Å². The van der Waals surface area contributed by atoms with Crippen LogP contribution in [0.2, 0.25) is 0 Å². The molecule has 9 heteroatoms. The quantitative estimate of drug-likeness (QED) is 0.776. The van der Waals surface area contributed by atoms with E-state index in [1.807, 2.05) is 0 Å². The van der Waals surface area contributed by atoms with Crippen molar-refractivity contribution in [2.24, 2.45) is 0 Å². The van der Waals surface area contributed by atoms with Gasteiger partial charge in [-0.05, 0) is 73.6 Å². The predicted octanol–water partition coefficient (Wildman–Crippen LogP) is 2.47. The molecule has 2 N–H and O–H groups in total. The van der Waals surface area contributed by atoms with Crippen LogP contribution in [0.3, 0.4) is 0 Å². The monoisotopic (exact) mass is 416 g/mol. The number of oxazole rings is 1. The van der Waals surface area contributed by atoms with Crippen LogP contribution < -0.4 is 10.0 Å². The van der Waals surface area contributed by atoms with E-state index in [1.54, 1.807) is 0 Å². The SMILES string of the molecule is O=C(NS(=O)(=O)N1CCCC1)c1coc(Nc2c3c(cc4c2CCC4)CCC3)n1. The van der Waals surface area contributed by atoms with E-state index in [9.17, 15) is 13.2 Å². The van der Waals surface area contributed by atoms with Crippen molar-refractivity contribution in [2.45, 2.75) is 51.4 Å². The summed E-state index contributed by atoms with van der Waals surface area (Å²) < 4.78 is 33.4. The first-order valence-electron chi connectivity index (χ1n) is 10.2. The molecule has 1 aromatic heterocycles. The first-order chi connectivity index (χ1) is 14.0. The number of anilines is 2. The summed E-state index contributed by atoms with van der Waals surface area (Å²) in [6, 6.07) is 2.55. The van der Waals surface area contributed by atoms with Crippen LogP contribution in [0.15, 0.2) is 16.7 Å². The minimum Gasteiger partial charge on any atom is -0.431 e. The van der Waals surface area contributed by atoms with Gasteiger partial charge >= 0.3 is 10.2 Å². The Balaban J connectivity index is 1.36. The summed E-state index contributed by atoms with van der Waals surface area (Å²) in [5.41, 5.74) is 6.40. The molecule has 154 valence electrons. The highest BCUT2D eigenvalue weighted by atomic mass is 32.2. The molecule has 29 heavy (non-hydrogen) atoms. The van der Waals surface area contributed by atoms with Crippen LogP contribution in [0.1, 0.15) is 58.4 Å². The Hall–Kier alpha value is -2.39. The lowest BCUT2D eigenvalue weighted by Gasteiger charge is -2.15. The van der Waals surface area contributed by atoms with Gasteiger partial charge in [0, 0.05) is 18.8 Å². The fraction of sp³-hybridized carbons (Fsp3) is 0.500. The van der Waals surface area contributed by atoms with Gasteiger partial charge in [0.1, 0.15) is 6.26 Å².